The van der Waals surface area contributed by atoms with Crippen LogP contribution in [0.1, 0.15) is 71.6 Å². The van der Waals surface area contributed by atoms with E-state index in [1.165, 1.54) is 0 Å². The van der Waals surface area contributed by atoms with Crippen LogP contribution in [0.15, 0.2) is 24.3 Å². The summed E-state index contributed by atoms with van der Waals surface area (Å²) in [6.07, 6.45) is 0.819. The van der Waals surface area contributed by atoms with Crippen LogP contribution in [0.5, 0.6) is 5.75 Å². The lowest BCUT2D eigenvalue weighted by Crippen LogP contribution is -2.40. The fraction of sp³-hybridized carbons (Fsp3) is 0.520. The van der Waals surface area contributed by atoms with Crippen molar-refractivity contribution < 1.29 is 19.1 Å². The molecule has 0 saturated heterocycles. The molecule has 0 fully saturated rings. The minimum Gasteiger partial charge on any atom is -0.491 e. The van der Waals surface area contributed by atoms with Gasteiger partial charge in [-0.25, -0.2) is 0 Å². The van der Waals surface area contributed by atoms with Gasteiger partial charge in [0.05, 0.1) is 17.8 Å². The fourth-order valence-corrected chi connectivity index (χ4v) is 3.83. The number of aromatic nitrogens is 2. The highest BCUT2D eigenvalue weighted by molar-refractivity contribution is 5.97. The lowest BCUT2D eigenvalue weighted by molar-refractivity contribution is -0.121. The van der Waals surface area contributed by atoms with Gasteiger partial charge < -0.3 is 20.3 Å². The average Bonchev–Trinajstić information content (AvgIpc) is 3.25. The molecule has 2 aromatic rings. The number of carbonyl (C=O) groups excluding carboxylic acids is 3. The number of fused-ring (bicyclic) bond motifs is 1. The first-order valence-corrected chi connectivity index (χ1v) is 12.0. The summed E-state index contributed by atoms with van der Waals surface area (Å²) >= 11 is 0. The number of nitrogens with one attached hydrogen (secondary N) is 2. The number of ether oxygens (including phenoxy) is 1. The van der Waals surface area contributed by atoms with Crippen molar-refractivity contribution in [1.29, 1.82) is 0 Å². The van der Waals surface area contributed by atoms with E-state index in [2.05, 4.69) is 15.7 Å². The lowest BCUT2D eigenvalue weighted by Gasteiger charge is -2.23. The Morgan fingerprint density at radius 2 is 1.94 bits per heavy atom. The van der Waals surface area contributed by atoms with Crippen LogP contribution in [0.25, 0.3) is 0 Å². The average molecular weight is 470 g/mol. The maximum atomic E-state index is 13.4. The number of hydrogen-bond acceptors (Lipinski definition) is 5. The summed E-state index contributed by atoms with van der Waals surface area (Å²) in [5.41, 5.74) is 2.76. The predicted molar refractivity (Wildman–Crippen MR) is 129 cm³/mol. The number of rotatable bonds is 3. The van der Waals surface area contributed by atoms with Gasteiger partial charge in [0.1, 0.15) is 18.1 Å². The van der Waals surface area contributed by atoms with Gasteiger partial charge >= 0.3 is 0 Å². The molecular formula is C25H35N5O4. The highest BCUT2D eigenvalue weighted by Crippen LogP contribution is 2.20. The van der Waals surface area contributed by atoms with Crippen LogP contribution in [-0.4, -0.2) is 65.2 Å². The summed E-state index contributed by atoms with van der Waals surface area (Å²) in [5, 5.41) is 10.3. The molecule has 2 heterocycles. The molecular weight excluding hydrogens is 434 g/mol. The molecule has 0 bridgehead atoms. The van der Waals surface area contributed by atoms with Crippen molar-refractivity contribution in [1.82, 2.24) is 25.3 Å². The topological polar surface area (TPSA) is 106 Å². The highest BCUT2D eigenvalue weighted by atomic mass is 16.5. The molecule has 0 radical (unpaired) electrons. The minimum absolute atomic E-state index is 0.0927. The van der Waals surface area contributed by atoms with E-state index in [1.807, 2.05) is 39.8 Å². The Morgan fingerprint density at radius 1 is 1.15 bits per heavy atom. The van der Waals surface area contributed by atoms with Gasteiger partial charge in [0.25, 0.3) is 11.8 Å². The third kappa shape index (κ3) is 6.36. The summed E-state index contributed by atoms with van der Waals surface area (Å²) in [6, 6.07) is 7.25. The smallest absolute Gasteiger partial charge is 0.272 e. The van der Waals surface area contributed by atoms with Crippen LogP contribution in [-0.2, 0) is 11.3 Å². The maximum absolute atomic E-state index is 13.4. The first-order chi connectivity index (χ1) is 16.3. The molecule has 0 aliphatic carbocycles. The monoisotopic (exact) mass is 469 g/mol. The zero-order valence-corrected chi connectivity index (χ0v) is 20.5. The van der Waals surface area contributed by atoms with Crippen LogP contribution in [0.4, 0.5) is 0 Å². The standard InChI is InChI=1S/C25H35N5O4/c1-5-30-21(16-20(28-30)17(2)3)25(33)29-12-6-7-23(31)26-11-14-34-22-9-8-18(4)15-19(22)24(32)27-10-13-29/h8-9,15-17H,5-7,10-14H2,1-4H3,(H,26,31)(H,27,32). The van der Waals surface area contributed by atoms with E-state index in [4.69, 9.17) is 4.74 Å². The van der Waals surface area contributed by atoms with Crippen molar-refractivity contribution in [2.24, 2.45) is 0 Å². The number of carbonyl (C=O) groups is 3. The van der Waals surface area contributed by atoms with Crippen molar-refractivity contribution in [2.75, 3.05) is 32.8 Å². The second kappa shape index (κ2) is 11.7. The van der Waals surface area contributed by atoms with Gasteiger partial charge in [0.2, 0.25) is 5.91 Å². The zero-order valence-electron chi connectivity index (χ0n) is 20.5. The molecule has 34 heavy (non-hydrogen) atoms. The molecule has 1 aliphatic rings. The van der Waals surface area contributed by atoms with E-state index >= 15 is 0 Å². The number of aryl methyl sites for hydroxylation is 2. The van der Waals surface area contributed by atoms with Crippen molar-refractivity contribution in [3.05, 3.63) is 46.8 Å². The fourth-order valence-electron chi connectivity index (χ4n) is 3.83. The van der Waals surface area contributed by atoms with Crippen molar-refractivity contribution in [2.45, 2.75) is 53.0 Å². The second-order valence-corrected chi connectivity index (χ2v) is 8.77. The van der Waals surface area contributed by atoms with Gasteiger partial charge in [-0.1, -0.05) is 25.5 Å². The molecule has 184 valence electrons. The maximum Gasteiger partial charge on any atom is 0.272 e. The lowest BCUT2D eigenvalue weighted by atomic mass is 10.1. The first-order valence-electron chi connectivity index (χ1n) is 12.0. The van der Waals surface area contributed by atoms with Gasteiger partial charge in [0.15, 0.2) is 0 Å². The molecule has 0 unspecified atom stereocenters. The van der Waals surface area contributed by atoms with Crippen LogP contribution in [0.3, 0.4) is 0 Å². The number of hydrogen-bond donors (Lipinski definition) is 2. The molecule has 0 atom stereocenters. The summed E-state index contributed by atoms with van der Waals surface area (Å²) in [4.78, 5) is 40.3. The van der Waals surface area contributed by atoms with Crippen molar-refractivity contribution >= 4 is 17.7 Å². The number of benzene rings is 1. The quantitative estimate of drug-likeness (QED) is 0.719. The summed E-state index contributed by atoms with van der Waals surface area (Å²) in [5.74, 6) is 0.166. The van der Waals surface area contributed by atoms with Crippen LogP contribution >= 0.6 is 0 Å². The van der Waals surface area contributed by atoms with Crippen molar-refractivity contribution in [3.63, 3.8) is 0 Å². The van der Waals surface area contributed by atoms with E-state index in [9.17, 15) is 14.4 Å². The second-order valence-electron chi connectivity index (χ2n) is 8.77. The van der Waals surface area contributed by atoms with Crippen LogP contribution in [0.2, 0.25) is 0 Å². The normalized spacial score (nSPS) is 16.1. The molecule has 3 rings (SSSR count). The SMILES string of the molecule is CCn1nc(C(C)C)cc1C(=O)N1CCCC(=O)NCCOc2ccc(C)cc2C(=O)NCC1. The number of nitrogens with zero attached hydrogens (tertiary/aromatic N) is 3. The van der Waals surface area contributed by atoms with Gasteiger partial charge in [-0.15, -0.1) is 0 Å². The Hall–Kier alpha value is -3.36. The predicted octanol–water partition coefficient (Wildman–Crippen LogP) is 2.50. The van der Waals surface area contributed by atoms with Gasteiger partial charge in [-0.05, 0) is 44.4 Å². The summed E-state index contributed by atoms with van der Waals surface area (Å²) < 4.78 is 7.47. The van der Waals surface area contributed by atoms with E-state index in [0.717, 1.165) is 11.3 Å². The van der Waals surface area contributed by atoms with Gasteiger partial charge in [0, 0.05) is 32.6 Å². The van der Waals surface area contributed by atoms with Crippen molar-refractivity contribution in [3.8, 4) is 5.75 Å². The Labute approximate surface area is 200 Å². The first kappa shape index (κ1) is 25.3. The Kier molecular flexibility index (Phi) is 8.67. The largest absolute Gasteiger partial charge is 0.491 e. The molecule has 3 amide bonds. The molecule has 1 aromatic carbocycles. The van der Waals surface area contributed by atoms with E-state index in [0.29, 0.717) is 56.0 Å². The molecule has 2 N–H and O–H groups in total. The summed E-state index contributed by atoms with van der Waals surface area (Å²) in [6.45, 7) is 10.1. The molecule has 9 nitrogen and oxygen atoms in total. The summed E-state index contributed by atoms with van der Waals surface area (Å²) in [7, 11) is 0. The third-order valence-corrected chi connectivity index (χ3v) is 5.76. The Bertz CT molecular complexity index is 1030. The minimum atomic E-state index is -0.259. The van der Waals surface area contributed by atoms with Crippen LogP contribution < -0.4 is 15.4 Å². The molecule has 0 spiro atoms. The third-order valence-electron chi connectivity index (χ3n) is 5.76. The van der Waals surface area contributed by atoms with E-state index < -0.39 is 0 Å². The molecule has 9 heteroatoms. The molecule has 0 saturated carbocycles. The Morgan fingerprint density at radius 3 is 2.68 bits per heavy atom. The van der Waals surface area contributed by atoms with Gasteiger partial charge in [-0.3, -0.25) is 19.1 Å². The molecule has 1 aliphatic heterocycles. The van der Waals surface area contributed by atoms with E-state index in [-0.39, 0.29) is 36.8 Å². The Balaban J connectivity index is 1.81. The highest BCUT2D eigenvalue weighted by Gasteiger charge is 2.23. The van der Waals surface area contributed by atoms with Crippen LogP contribution in [0, 0.1) is 6.92 Å². The van der Waals surface area contributed by atoms with E-state index in [1.54, 1.807) is 21.7 Å². The van der Waals surface area contributed by atoms with Gasteiger partial charge in [-0.2, -0.15) is 5.10 Å². The number of amides is 3. The zero-order chi connectivity index (χ0) is 24.7. The molecule has 1 aromatic heterocycles.